The van der Waals surface area contributed by atoms with Gasteiger partial charge < -0.3 is 10.6 Å². The van der Waals surface area contributed by atoms with Gasteiger partial charge in [-0.1, -0.05) is 28.1 Å². The molecule has 0 aliphatic heterocycles. The van der Waals surface area contributed by atoms with Crippen molar-refractivity contribution in [1.82, 2.24) is 10.6 Å². The minimum Gasteiger partial charge on any atom is -0.345 e. The van der Waals surface area contributed by atoms with Crippen molar-refractivity contribution in [2.45, 2.75) is 31.3 Å². The van der Waals surface area contributed by atoms with E-state index in [2.05, 4.69) is 42.5 Å². The highest BCUT2D eigenvalue weighted by molar-refractivity contribution is 9.11. The average molecular weight is 472 g/mol. The molecule has 3 rings (SSSR count). The Balaban J connectivity index is 1.62. The topological polar surface area (TPSA) is 58.2 Å². The molecule has 2 N–H and O–H groups in total. The highest BCUT2D eigenvalue weighted by atomic mass is 79.9. The number of benzene rings is 1. The van der Waals surface area contributed by atoms with Gasteiger partial charge in [0, 0.05) is 4.47 Å². The van der Waals surface area contributed by atoms with E-state index in [0.29, 0.717) is 4.88 Å². The quantitative estimate of drug-likeness (QED) is 0.686. The molecule has 1 aromatic carbocycles. The van der Waals surface area contributed by atoms with Crippen LogP contribution in [0.5, 0.6) is 0 Å². The summed E-state index contributed by atoms with van der Waals surface area (Å²) in [7, 11) is 0. The van der Waals surface area contributed by atoms with Gasteiger partial charge in [-0.25, -0.2) is 0 Å². The Kier molecular flexibility index (Phi) is 5.13. The van der Waals surface area contributed by atoms with Crippen molar-refractivity contribution in [3.8, 4) is 0 Å². The number of nitrogens with one attached hydrogen (secondary N) is 2. The Bertz CT molecular complexity index is 769. The van der Waals surface area contributed by atoms with Gasteiger partial charge in [0.2, 0.25) is 5.91 Å². The third-order valence-electron chi connectivity index (χ3n) is 4.05. The van der Waals surface area contributed by atoms with Gasteiger partial charge in [-0.3, -0.25) is 9.59 Å². The maximum absolute atomic E-state index is 12.5. The molecule has 1 aliphatic carbocycles. The van der Waals surface area contributed by atoms with Crippen LogP contribution in [0.15, 0.2) is 44.7 Å². The molecule has 1 saturated carbocycles. The fourth-order valence-electron chi connectivity index (χ4n) is 2.49. The lowest BCUT2D eigenvalue weighted by molar-refractivity contribution is -0.123. The Labute approximate surface area is 161 Å². The van der Waals surface area contributed by atoms with Gasteiger partial charge in [0.1, 0.15) is 6.04 Å². The molecular formula is C17H16Br2N2O2S. The molecule has 2 amide bonds. The lowest BCUT2D eigenvalue weighted by atomic mass is 10.0. The van der Waals surface area contributed by atoms with E-state index in [0.717, 1.165) is 26.7 Å². The van der Waals surface area contributed by atoms with Crippen molar-refractivity contribution < 1.29 is 9.59 Å². The first-order chi connectivity index (χ1) is 11.4. The van der Waals surface area contributed by atoms with E-state index in [4.69, 9.17) is 0 Å². The summed E-state index contributed by atoms with van der Waals surface area (Å²) in [5.41, 5.74) is 0.808. The third-order valence-corrected chi connectivity index (χ3v) is 6.20. The van der Waals surface area contributed by atoms with Crippen LogP contribution in [0.3, 0.4) is 0 Å². The summed E-state index contributed by atoms with van der Waals surface area (Å²) in [6, 6.07) is 10.9. The number of amides is 2. The maximum Gasteiger partial charge on any atom is 0.262 e. The number of thiophene rings is 1. The smallest absolute Gasteiger partial charge is 0.262 e. The molecule has 1 atom stereocenters. The van der Waals surface area contributed by atoms with E-state index in [-0.39, 0.29) is 17.4 Å². The molecule has 1 heterocycles. The highest BCUT2D eigenvalue weighted by Crippen LogP contribution is 2.45. The fourth-order valence-corrected chi connectivity index (χ4v) is 4.05. The number of carbonyl (C=O) groups is 2. The van der Waals surface area contributed by atoms with Crippen molar-refractivity contribution in [2.75, 3.05) is 0 Å². The predicted molar refractivity (Wildman–Crippen MR) is 102 cm³/mol. The number of hydrogen-bond donors (Lipinski definition) is 2. The van der Waals surface area contributed by atoms with E-state index in [1.165, 1.54) is 11.3 Å². The zero-order valence-electron chi connectivity index (χ0n) is 12.9. The minimum absolute atomic E-state index is 0.167. The molecule has 0 bridgehead atoms. The van der Waals surface area contributed by atoms with Crippen molar-refractivity contribution in [1.29, 1.82) is 0 Å². The van der Waals surface area contributed by atoms with Gasteiger partial charge >= 0.3 is 0 Å². The lowest BCUT2D eigenvalue weighted by Crippen LogP contribution is -2.48. The van der Waals surface area contributed by atoms with Crippen LogP contribution in [0.1, 0.15) is 35.0 Å². The molecule has 1 aliphatic rings. The second kappa shape index (κ2) is 6.98. The van der Waals surface area contributed by atoms with Gasteiger partial charge in [-0.15, -0.1) is 11.3 Å². The molecule has 0 radical (unpaired) electrons. The van der Waals surface area contributed by atoms with E-state index in [9.17, 15) is 9.59 Å². The summed E-state index contributed by atoms with van der Waals surface area (Å²) in [4.78, 5) is 25.2. The zero-order chi connectivity index (χ0) is 17.3. The molecular weight excluding hydrogens is 456 g/mol. The summed E-state index contributed by atoms with van der Waals surface area (Å²) < 4.78 is 1.90. The third kappa shape index (κ3) is 3.90. The average Bonchev–Trinajstić information content (AvgIpc) is 3.19. The molecule has 1 fully saturated rings. The van der Waals surface area contributed by atoms with E-state index >= 15 is 0 Å². The molecule has 1 aromatic heterocycles. The van der Waals surface area contributed by atoms with Crippen molar-refractivity contribution in [3.63, 3.8) is 0 Å². The van der Waals surface area contributed by atoms with Crippen LogP contribution in [0.25, 0.3) is 0 Å². The van der Waals surface area contributed by atoms with Gasteiger partial charge in [-0.05, 0) is 65.5 Å². The first-order valence-electron chi connectivity index (χ1n) is 7.54. The molecule has 4 nitrogen and oxygen atoms in total. The second-order valence-corrected chi connectivity index (χ2v) is 9.26. The zero-order valence-corrected chi connectivity index (χ0v) is 16.9. The Morgan fingerprint density at radius 2 is 1.79 bits per heavy atom. The predicted octanol–water partition coefficient (Wildman–Crippen LogP) is 4.20. The summed E-state index contributed by atoms with van der Waals surface area (Å²) in [6.07, 6.45) is 1.83. The first-order valence-corrected chi connectivity index (χ1v) is 9.94. The lowest BCUT2D eigenvalue weighted by Gasteiger charge is -2.21. The summed E-state index contributed by atoms with van der Waals surface area (Å²) >= 11 is 8.09. The highest BCUT2D eigenvalue weighted by Gasteiger charge is 2.46. The molecule has 1 unspecified atom stereocenters. The van der Waals surface area contributed by atoms with Gasteiger partial charge in [-0.2, -0.15) is 0 Å². The van der Waals surface area contributed by atoms with E-state index < -0.39 is 6.04 Å². The number of rotatable bonds is 5. The normalized spacial score (nSPS) is 16.3. The van der Waals surface area contributed by atoms with Crippen LogP contribution in [0.2, 0.25) is 0 Å². The summed E-state index contributed by atoms with van der Waals surface area (Å²) in [6.45, 7) is 1.70. The van der Waals surface area contributed by atoms with Crippen molar-refractivity contribution >= 4 is 55.0 Å². The number of halogens is 2. The summed E-state index contributed by atoms with van der Waals surface area (Å²) in [5, 5.41) is 5.84. The Morgan fingerprint density at radius 1 is 1.12 bits per heavy atom. The largest absolute Gasteiger partial charge is 0.345 e. The standard InChI is InChI=1S/C17H16Br2N2O2S/c1-10(20-16(23)13-6-7-14(19)24-13)15(22)21-17(8-9-17)11-2-4-12(18)5-3-11/h2-7,10H,8-9H2,1H3,(H,20,23)(H,21,22). The SMILES string of the molecule is CC(NC(=O)c1ccc(Br)s1)C(=O)NC1(c2ccc(Br)cc2)CC1. The molecule has 2 aromatic rings. The summed E-state index contributed by atoms with van der Waals surface area (Å²) in [5.74, 6) is -0.402. The Hall–Kier alpha value is -1.18. The number of hydrogen-bond acceptors (Lipinski definition) is 3. The van der Waals surface area contributed by atoms with E-state index in [1.807, 2.05) is 30.3 Å². The molecule has 7 heteroatoms. The molecule has 126 valence electrons. The van der Waals surface area contributed by atoms with E-state index in [1.54, 1.807) is 13.0 Å². The van der Waals surface area contributed by atoms with Crippen molar-refractivity contribution in [3.05, 3.63) is 55.1 Å². The van der Waals surface area contributed by atoms with Gasteiger partial charge in [0.15, 0.2) is 0 Å². The molecule has 0 saturated heterocycles. The van der Waals surface area contributed by atoms with Crippen LogP contribution >= 0.6 is 43.2 Å². The minimum atomic E-state index is -0.591. The second-order valence-electron chi connectivity index (χ2n) is 5.88. The maximum atomic E-state index is 12.5. The van der Waals surface area contributed by atoms with Crippen LogP contribution in [0, 0.1) is 0 Å². The fraction of sp³-hybridized carbons (Fsp3) is 0.294. The van der Waals surface area contributed by atoms with Gasteiger partial charge in [0.05, 0.1) is 14.2 Å². The van der Waals surface area contributed by atoms with Crippen LogP contribution in [-0.2, 0) is 10.3 Å². The molecule has 0 spiro atoms. The Morgan fingerprint density at radius 3 is 2.33 bits per heavy atom. The monoisotopic (exact) mass is 470 g/mol. The first kappa shape index (κ1) is 17.6. The van der Waals surface area contributed by atoms with Crippen LogP contribution in [-0.4, -0.2) is 17.9 Å². The van der Waals surface area contributed by atoms with Crippen LogP contribution < -0.4 is 10.6 Å². The van der Waals surface area contributed by atoms with Crippen LogP contribution in [0.4, 0.5) is 0 Å². The van der Waals surface area contributed by atoms with Crippen molar-refractivity contribution in [2.24, 2.45) is 0 Å². The molecule has 24 heavy (non-hydrogen) atoms. The number of carbonyl (C=O) groups excluding carboxylic acids is 2. The van der Waals surface area contributed by atoms with Gasteiger partial charge in [0.25, 0.3) is 5.91 Å².